The second kappa shape index (κ2) is 9.10. The van der Waals surface area contributed by atoms with Gasteiger partial charge in [-0.1, -0.05) is 53.5 Å². The fourth-order valence-corrected chi connectivity index (χ4v) is 2.37. The highest BCUT2D eigenvalue weighted by Crippen LogP contribution is 2.23. The van der Waals surface area contributed by atoms with Gasteiger partial charge in [0, 0.05) is 11.8 Å². The van der Waals surface area contributed by atoms with Gasteiger partial charge in [0.25, 0.3) is 5.91 Å². The summed E-state index contributed by atoms with van der Waals surface area (Å²) in [5, 5.41) is 21.5. The lowest BCUT2D eigenvalue weighted by atomic mass is 9.99. The summed E-state index contributed by atoms with van der Waals surface area (Å²) >= 11 is 10.8. The van der Waals surface area contributed by atoms with Crippen LogP contribution < -0.4 is 5.32 Å². The van der Waals surface area contributed by atoms with Crippen LogP contribution in [0.25, 0.3) is 11.1 Å². The zero-order valence-corrected chi connectivity index (χ0v) is 14.6. The van der Waals surface area contributed by atoms with Gasteiger partial charge in [-0.05, 0) is 17.2 Å². The number of aliphatic hydroxyl groups is 2. The highest BCUT2D eigenvalue weighted by Gasteiger charge is 2.25. The molecule has 2 atom stereocenters. The first-order valence-corrected chi connectivity index (χ1v) is 8.32. The molecule has 0 aliphatic heterocycles. The number of halogens is 3. The van der Waals surface area contributed by atoms with Crippen LogP contribution in [0.4, 0.5) is 4.39 Å². The molecule has 2 rings (SSSR count). The van der Waals surface area contributed by atoms with Crippen molar-refractivity contribution >= 4 is 29.1 Å². The summed E-state index contributed by atoms with van der Waals surface area (Å²) in [7, 11) is 0. The average Bonchev–Trinajstić information content (AvgIpc) is 2.65. The smallest absolute Gasteiger partial charge is 0.253 e. The van der Waals surface area contributed by atoms with Crippen molar-refractivity contribution in [2.24, 2.45) is 0 Å². The van der Waals surface area contributed by atoms with E-state index in [1.165, 1.54) is 0 Å². The predicted octanol–water partition coefficient (Wildman–Crippen LogP) is 2.53. The van der Waals surface area contributed by atoms with E-state index in [0.29, 0.717) is 11.3 Å². The Morgan fingerprint density at radius 2 is 1.80 bits per heavy atom. The number of hydrogen-bond donors (Lipinski definition) is 3. The Balaban J connectivity index is 2.12. The van der Waals surface area contributed by atoms with Gasteiger partial charge in [-0.2, -0.15) is 0 Å². The van der Waals surface area contributed by atoms with Gasteiger partial charge in [0.1, 0.15) is 12.8 Å². The third-order valence-electron chi connectivity index (χ3n) is 3.65. The van der Waals surface area contributed by atoms with Crippen LogP contribution in [0.15, 0.2) is 42.6 Å². The third kappa shape index (κ3) is 5.12. The minimum Gasteiger partial charge on any atom is -0.390 e. The minimum absolute atomic E-state index is 0.132. The highest BCUT2D eigenvalue weighted by molar-refractivity contribution is 6.53. The standard InChI is InChI=1S/C17H17Cl2FN2O3/c18-16(19)17(25)22-14(7-20)15(24)11-3-1-10(2-4-11)12-5-6-13(9-23)21-8-12/h1-6,8,14-16,23-24H,7,9H2,(H,22,25). The molecule has 5 nitrogen and oxygen atoms in total. The number of pyridine rings is 1. The summed E-state index contributed by atoms with van der Waals surface area (Å²) in [6.45, 7) is -1.10. The molecular weight excluding hydrogens is 370 g/mol. The van der Waals surface area contributed by atoms with Gasteiger partial charge in [-0.15, -0.1) is 0 Å². The van der Waals surface area contributed by atoms with Crippen molar-refractivity contribution < 1.29 is 19.4 Å². The normalized spacial score (nSPS) is 13.5. The number of carbonyl (C=O) groups is 1. The van der Waals surface area contributed by atoms with E-state index in [4.69, 9.17) is 28.3 Å². The van der Waals surface area contributed by atoms with Crippen LogP contribution >= 0.6 is 23.2 Å². The second-order valence-electron chi connectivity index (χ2n) is 5.33. The number of hydrogen-bond acceptors (Lipinski definition) is 4. The van der Waals surface area contributed by atoms with Gasteiger partial charge in [0.15, 0.2) is 4.84 Å². The molecule has 1 amide bonds. The lowest BCUT2D eigenvalue weighted by Crippen LogP contribution is -2.43. The molecule has 1 heterocycles. The van der Waals surface area contributed by atoms with E-state index in [1.54, 1.807) is 36.5 Å². The molecule has 0 fully saturated rings. The van der Waals surface area contributed by atoms with E-state index in [-0.39, 0.29) is 6.61 Å². The summed E-state index contributed by atoms with van der Waals surface area (Å²) in [4.78, 5) is 14.2. The second-order valence-corrected chi connectivity index (χ2v) is 6.43. The van der Waals surface area contributed by atoms with Crippen molar-refractivity contribution in [1.29, 1.82) is 0 Å². The highest BCUT2D eigenvalue weighted by atomic mass is 35.5. The van der Waals surface area contributed by atoms with Crippen LogP contribution in [-0.4, -0.2) is 38.7 Å². The van der Waals surface area contributed by atoms with E-state index in [9.17, 15) is 14.3 Å². The van der Waals surface area contributed by atoms with Crippen molar-refractivity contribution in [1.82, 2.24) is 10.3 Å². The van der Waals surface area contributed by atoms with Crippen LogP contribution in [0.2, 0.25) is 0 Å². The van der Waals surface area contributed by atoms with Gasteiger partial charge < -0.3 is 15.5 Å². The summed E-state index contributed by atoms with van der Waals surface area (Å²) < 4.78 is 13.1. The number of nitrogens with zero attached hydrogens (tertiary/aromatic N) is 1. The quantitative estimate of drug-likeness (QED) is 0.638. The van der Waals surface area contributed by atoms with Crippen molar-refractivity contribution in [3.8, 4) is 11.1 Å². The van der Waals surface area contributed by atoms with Crippen LogP contribution in [0.1, 0.15) is 17.4 Å². The zero-order valence-electron chi connectivity index (χ0n) is 13.1. The first-order valence-electron chi connectivity index (χ1n) is 7.45. The number of carbonyl (C=O) groups excluding carboxylic acids is 1. The molecule has 0 saturated carbocycles. The fraction of sp³-hybridized carbons (Fsp3) is 0.294. The maximum absolute atomic E-state index is 13.1. The molecule has 8 heteroatoms. The molecule has 25 heavy (non-hydrogen) atoms. The molecule has 2 unspecified atom stereocenters. The average molecular weight is 387 g/mol. The maximum atomic E-state index is 13.1. The first-order chi connectivity index (χ1) is 12.0. The number of benzene rings is 1. The summed E-state index contributed by atoms with van der Waals surface area (Å²) in [5.41, 5.74) is 2.68. The van der Waals surface area contributed by atoms with Gasteiger partial charge >= 0.3 is 0 Å². The molecule has 1 aromatic heterocycles. The molecule has 3 N–H and O–H groups in total. The summed E-state index contributed by atoms with van der Waals surface area (Å²) in [6, 6.07) is 9.14. The van der Waals surface area contributed by atoms with E-state index < -0.39 is 29.6 Å². The first kappa shape index (κ1) is 19.6. The van der Waals surface area contributed by atoms with E-state index in [2.05, 4.69) is 10.3 Å². The molecule has 0 aliphatic rings. The van der Waals surface area contributed by atoms with E-state index >= 15 is 0 Å². The molecule has 2 aromatic rings. The Morgan fingerprint density at radius 1 is 1.16 bits per heavy atom. The van der Waals surface area contributed by atoms with E-state index in [0.717, 1.165) is 11.1 Å². The number of nitrogens with one attached hydrogen (secondary N) is 1. The maximum Gasteiger partial charge on any atom is 0.253 e. The van der Waals surface area contributed by atoms with E-state index in [1.807, 2.05) is 6.07 Å². The van der Waals surface area contributed by atoms with Crippen molar-refractivity contribution in [2.45, 2.75) is 23.6 Å². The minimum atomic E-state index is -1.34. The molecule has 134 valence electrons. The number of amides is 1. The predicted molar refractivity (Wildman–Crippen MR) is 94.0 cm³/mol. The topological polar surface area (TPSA) is 82.5 Å². The lowest BCUT2D eigenvalue weighted by molar-refractivity contribution is -0.121. The van der Waals surface area contributed by atoms with Gasteiger partial charge in [-0.25, -0.2) is 4.39 Å². The Kier molecular flexibility index (Phi) is 7.13. The van der Waals surface area contributed by atoms with Crippen LogP contribution in [-0.2, 0) is 11.4 Å². The van der Waals surface area contributed by atoms with Crippen molar-refractivity contribution in [3.63, 3.8) is 0 Å². The van der Waals surface area contributed by atoms with Crippen LogP contribution in [0, 0.1) is 0 Å². The molecule has 0 radical (unpaired) electrons. The van der Waals surface area contributed by atoms with Crippen molar-refractivity contribution in [2.75, 3.05) is 6.67 Å². The summed E-state index contributed by atoms with van der Waals surface area (Å²) in [5.74, 6) is -0.767. The molecule has 0 saturated heterocycles. The Hall–Kier alpha value is -1.73. The Bertz CT molecular complexity index is 696. The van der Waals surface area contributed by atoms with Gasteiger partial charge in [-0.3, -0.25) is 9.78 Å². The largest absolute Gasteiger partial charge is 0.390 e. The summed E-state index contributed by atoms with van der Waals surface area (Å²) in [6.07, 6.45) is 0.382. The van der Waals surface area contributed by atoms with Crippen molar-refractivity contribution in [3.05, 3.63) is 53.9 Å². The monoisotopic (exact) mass is 386 g/mol. The Labute approximate surface area is 154 Å². The molecule has 0 aliphatic carbocycles. The zero-order chi connectivity index (χ0) is 18.4. The molecular formula is C17H17Cl2FN2O3. The number of alkyl halides is 3. The number of aliphatic hydroxyl groups excluding tert-OH is 2. The van der Waals surface area contributed by atoms with Gasteiger partial charge in [0.05, 0.1) is 18.3 Å². The lowest BCUT2D eigenvalue weighted by Gasteiger charge is -2.22. The van der Waals surface area contributed by atoms with Crippen LogP contribution in [0.5, 0.6) is 0 Å². The molecule has 0 spiro atoms. The fourth-order valence-electron chi connectivity index (χ4n) is 2.24. The number of aromatic nitrogens is 1. The SMILES string of the molecule is O=C(NC(CF)C(O)c1ccc(-c2ccc(CO)nc2)cc1)C(Cl)Cl. The molecule has 1 aromatic carbocycles. The third-order valence-corrected chi connectivity index (χ3v) is 4.04. The molecule has 0 bridgehead atoms. The Morgan fingerprint density at radius 3 is 2.28 bits per heavy atom. The number of rotatable bonds is 7. The van der Waals surface area contributed by atoms with Gasteiger partial charge in [0.2, 0.25) is 0 Å². The van der Waals surface area contributed by atoms with Crippen LogP contribution in [0.3, 0.4) is 0 Å².